The number of aryl methyl sites for hydroxylation is 1. The van der Waals surface area contributed by atoms with Crippen molar-refractivity contribution in [3.63, 3.8) is 0 Å². The topological polar surface area (TPSA) is 213 Å². The van der Waals surface area contributed by atoms with E-state index in [9.17, 15) is 29.5 Å². The van der Waals surface area contributed by atoms with Crippen molar-refractivity contribution in [3.8, 4) is 16.5 Å². The molecule has 4 heterocycles. The van der Waals surface area contributed by atoms with Crippen LogP contribution in [0.3, 0.4) is 0 Å². The van der Waals surface area contributed by atoms with Gasteiger partial charge in [0.2, 0.25) is 41.5 Å². The Kier molecular flexibility index (Phi) is 16.3. The first-order chi connectivity index (χ1) is 32.5. The van der Waals surface area contributed by atoms with E-state index in [4.69, 9.17) is 15.0 Å². The number of amides is 4. The van der Waals surface area contributed by atoms with E-state index in [1.54, 1.807) is 17.4 Å². The lowest BCUT2D eigenvalue weighted by Gasteiger charge is -2.35. The summed E-state index contributed by atoms with van der Waals surface area (Å²) in [5.41, 5.74) is 5.74. The fourth-order valence-electron chi connectivity index (χ4n) is 8.69. The Bertz CT molecular complexity index is 2440. The van der Waals surface area contributed by atoms with Gasteiger partial charge in [0, 0.05) is 78.7 Å². The van der Waals surface area contributed by atoms with Crippen LogP contribution in [0.25, 0.3) is 10.4 Å². The highest BCUT2D eigenvalue weighted by atomic mass is 32.1. The largest absolute Gasteiger partial charge is 0.391 e. The molecule has 3 atom stereocenters. The lowest BCUT2D eigenvalue weighted by molar-refractivity contribution is -0.144. The van der Waals surface area contributed by atoms with Gasteiger partial charge in [-0.15, -0.1) is 11.3 Å². The van der Waals surface area contributed by atoms with E-state index in [1.807, 2.05) is 99.6 Å². The number of aliphatic hydroxyl groups is 1. The normalized spacial score (nSPS) is 17.9. The molecule has 2 aromatic carbocycles. The molecular weight excluding hydrogens is 881 g/mol. The van der Waals surface area contributed by atoms with Gasteiger partial charge in [-0.05, 0) is 85.6 Å². The number of thiazole rings is 1. The monoisotopic (exact) mass is 946 g/mol. The van der Waals surface area contributed by atoms with Gasteiger partial charge >= 0.3 is 0 Å². The van der Waals surface area contributed by atoms with Crippen LogP contribution in [0.5, 0.6) is 0 Å². The number of carbonyl (C=O) groups is 4. The summed E-state index contributed by atoms with van der Waals surface area (Å²) in [6.07, 6.45) is 4.81. The number of nitrogens with one attached hydrogen (secondary N) is 3. The number of carbonyl (C=O) groups excluding carboxylic acids is 4. The SMILES string of the molecule is Cc1ncsc1-c1ccc(CNC(=O)[C@@H]2C[C@@H](O)CN2C(=O)[C@@H](NC(=O)CCC2CCN(c3nc(N(C)CCC(=O)NC4CC4)nc(N(C)CCc4cccc(C#N)c4)n3)CC2)C(C)(C)C)cc1. The molecule has 1 saturated carbocycles. The molecule has 2 aromatic heterocycles. The highest BCUT2D eigenvalue weighted by Gasteiger charge is 2.44. The van der Waals surface area contributed by atoms with Gasteiger partial charge in [0.1, 0.15) is 12.1 Å². The zero-order valence-corrected chi connectivity index (χ0v) is 41.0. The highest BCUT2D eigenvalue weighted by Crippen LogP contribution is 2.30. The number of nitrogens with zero attached hydrogens (tertiary/aromatic N) is 9. The van der Waals surface area contributed by atoms with Crippen LogP contribution in [0, 0.1) is 29.6 Å². The molecule has 7 rings (SSSR count). The summed E-state index contributed by atoms with van der Waals surface area (Å²) in [6, 6.07) is 16.2. The lowest BCUT2D eigenvalue weighted by Crippen LogP contribution is -2.57. The number of likely N-dealkylation sites (tertiary alicyclic amines) is 1. The number of hydrogen-bond acceptors (Lipinski definition) is 14. The van der Waals surface area contributed by atoms with Crippen molar-refractivity contribution in [2.24, 2.45) is 11.3 Å². The molecule has 2 saturated heterocycles. The number of hydrogen-bond donors (Lipinski definition) is 4. The van der Waals surface area contributed by atoms with E-state index in [1.165, 1.54) is 4.90 Å². The standard InChI is InChI=1S/C50H66N12O5S/c1-32-43(68-31-53-32)37-13-10-35(11-14-37)29-52-45(66)40-27-39(63)30-62(40)46(67)44(50(2,3)4)55-41(64)17-12-33-19-24-61(25-20-33)49-57-47(59(5)22-18-34-8-7-9-36(26-34)28-51)56-48(58-49)60(6)23-21-42(65)54-38-15-16-38/h7-11,13-14,26,31,33,38-40,44,63H,12,15-25,27,29-30H2,1-6H3,(H,52,66)(H,54,65)(H,55,64)/t39-,40+,44-/m1/s1. The fourth-order valence-corrected chi connectivity index (χ4v) is 9.50. The first-order valence-corrected chi connectivity index (χ1v) is 24.7. The van der Waals surface area contributed by atoms with Crippen molar-refractivity contribution in [1.82, 2.24) is 40.8 Å². The molecule has 4 amide bonds. The first kappa shape index (κ1) is 49.7. The second-order valence-electron chi connectivity index (χ2n) is 19.6. The van der Waals surface area contributed by atoms with Gasteiger partial charge in [-0.1, -0.05) is 57.2 Å². The van der Waals surface area contributed by atoms with Crippen molar-refractivity contribution in [2.75, 3.05) is 61.5 Å². The number of piperidine rings is 1. The third-order valence-electron chi connectivity index (χ3n) is 13.1. The van der Waals surface area contributed by atoms with Crippen LogP contribution in [0.15, 0.2) is 54.0 Å². The molecule has 68 heavy (non-hydrogen) atoms. The highest BCUT2D eigenvalue weighted by molar-refractivity contribution is 7.13. The quantitative estimate of drug-likeness (QED) is 0.1000. The van der Waals surface area contributed by atoms with E-state index in [0.717, 1.165) is 52.9 Å². The second-order valence-corrected chi connectivity index (χ2v) is 20.5. The average molecular weight is 947 g/mol. The minimum Gasteiger partial charge on any atom is -0.391 e. The third-order valence-corrected chi connectivity index (χ3v) is 14.1. The number of anilines is 3. The summed E-state index contributed by atoms with van der Waals surface area (Å²) in [5.74, 6) is 0.841. The fraction of sp³-hybridized carbons (Fsp3) is 0.540. The van der Waals surface area contributed by atoms with Crippen LogP contribution in [0.2, 0.25) is 0 Å². The number of benzene rings is 2. The molecule has 18 heteroatoms. The van der Waals surface area contributed by atoms with Crippen molar-refractivity contribution in [1.29, 1.82) is 5.26 Å². The summed E-state index contributed by atoms with van der Waals surface area (Å²) in [6.45, 7) is 10.3. The van der Waals surface area contributed by atoms with Gasteiger partial charge in [0.25, 0.3) is 0 Å². The molecular formula is C50H66N12O5S. The predicted molar refractivity (Wildman–Crippen MR) is 263 cm³/mol. The number of β-amino-alcohol motifs (C(OH)–C–C–N with tert-alkyl or cyclic N) is 1. The molecule has 1 aliphatic carbocycles. The maximum atomic E-state index is 14.2. The average Bonchev–Trinajstić information content (AvgIpc) is 3.90. The Morgan fingerprint density at radius 2 is 1.63 bits per heavy atom. The zero-order chi connectivity index (χ0) is 48.5. The third kappa shape index (κ3) is 13.3. The van der Waals surface area contributed by atoms with Gasteiger partial charge in [-0.3, -0.25) is 19.2 Å². The Morgan fingerprint density at radius 1 is 0.926 bits per heavy atom. The van der Waals surface area contributed by atoms with E-state index >= 15 is 0 Å². The van der Waals surface area contributed by atoms with Gasteiger partial charge < -0.3 is 40.7 Å². The molecule has 0 bridgehead atoms. The van der Waals surface area contributed by atoms with Crippen molar-refractivity contribution < 1.29 is 24.3 Å². The molecule has 0 unspecified atom stereocenters. The molecule has 4 N–H and O–H groups in total. The van der Waals surface area contributed by atoms with Crippen LogP contribution in [0.1, 0.15) is 94.5 Å². The van der Waals surface area contributed by atoms with Crippen molar-refractivity contribution in [3.05, 3.63) is 76.4 Å². The number of aromatic nitrogens is 4. The van der Waals surface area contributed by atoms with Crippen molar-refractivity contribution in [2.45, 2.75) is 116 Å². The lowest BCUT2D eigenvalue weighted by atomic mass is 9.85. The molecule has 0 radical (unpaired) electrons. The van der Waals surface area contributed by atoms with Crippen LogP contribution in [-0.4, -0.2) is 125 Å². The van der Waals surface area contributed by atoms with Gasteiger partial charge in [0.05, 0.1) is 33.8 Å². The maximum Gasteiger partial charge on any atom is 0.246 e. The summed E-state index contributed by atoms with van der Waals surface area (Å²) in [4.78, 5) is 81.5. The number of likely N-dealkylation sites (N-methyl/N-ethyl adjacent to an activating group) is 1. The van der Waals surface area contributed by atoms with E-state index in [-0.39, 0.29) is 55.5 Å². The number of rotatable bonds is 19. The summed E-state index contributed by atoms with van der Waals surface area (Å²) >= 11 is 1.58. The minimum absolute atomic E-state index is 0.00687. The Balaban J connectivity index is 0.928. The number of aliphatic hydroxyl groups excluding tert-OH is 1. The van der Waals surface area contributed by atoms with Gasteiger partial charge in [0.15, 0.2) is 0 Å². The van der Waals surface area contributed by atoms with E-state index in [2.05, 4.69) is 31.9 Å². The smallest absolute Gasteiger partial charge is 0.246 e. The van der Waals surface area contributed by atoms with Crippen LogP contribution in [-0.2, 0) is 32.1 Å². The van der Waals surface area contributed by atoms with E-state index < -0.39 is 23.6 Å². The summed E-state index contributed by atoms with van der Waals surface area (Å²) in [5, 5.41) is 29.1. The molecule has 4 aromatic rings. The maximum absolute atomic E-state index is 14.2. The van der Waals surface area contributed by atoms with Gasteiger partial charge in [-0.2, -0.15) is 20.2 Å². The second kappa shape index (κ2) is 22.3. The predicted octanol–water partition coefficient (Wildman–Crippen LogP) is 4.76. The Hall–Kier alpha value is -6.19. The molecule has 17 nitrogen and oxygen atoms in total. The molecule has 2 aliphatic heterocycles. The zero-order valence-electron chi connectivity index (χ0n) is 40.2. The molecule has 3 fully saturated rings. The van der Waals surface area contributed by atoms with Crippen LogP contribution >= 0.6 is 11.3 Å². The summed E-state index contributed by atoms with van der Waals surface area (Å²) in [7, 11) is 3.82. The van der Waals surface area contributed by atoms with Crippen LogP contribution in [0.4, 0.5) is 17.8 Å². The minimum atomic E-state index is -0.904. The van der Waals surface area contributed by atoms with Crippen molar-refractivity contribution >= 4 is 52.8 Å². The van der Waals surface area contributed by atoms with Gasteiger partial charge in [-0.25, -0.2) is 4.98 Å². The molecule has 0 spiro atoms. The summed E-state index contributed by atoms with van der Waals surface area (Å²) < 4.78 is 0. The number of nitriles is 1. The first-order valence-electron chi connectivity index (χ1n) is 23.8. The molecule has 3 aliphatic rings. The Labute approximate surface area is 403 Å². The van der Waals surface area contributed by atoms with E-state index in [0.29, 0.717) is 74.9 Å². The molecule has 362 valence electrons. The Morgan fingerprint density at radius 3 is 2.28 bits per heavy atom. The van der Waals surface area contributed by atoms with Crippen LogP contribution < -0.4 is 30.7 Å².